The Morgan fingerprint density at radius 3 is 2.00 bits per heavy atom. The highest BCUT2D eigenvalue weighted by Gasteiger charge is 2.60. The molecule has 0 heterocycles. The number of hydrogen-bond donors (Lipinski definition) is 6. The van der Waals surface area contributed by atoms with E-state index in [2.05, 4.69) is 26.1 Å². The summed E-state index contributed by atoms with van der Waals surface area (Å²) in [6, 6.07) is -0.442. The number of carbonyl (C=O) groups is 1. The first kappa shape index (κ1) is 43.3. The first-order chi connectivity index (χ1) is 21.8. The van der Waals surface area contributed by atoms with E-state index in [9.17, 15) is 35.2 Å². The Morgan fingerprint density at radius 2 is 1.42 bits per heavy atom. The number of hydrogen-bond acceptors (Lipinski definition) is 9. The zero-order valence-electron chi connectivity index (χ0n) is 29.4. The van der Waals surface area contributed by atoms with Crippen LogP contribution in [-0.4, -0.2) is 86.9 Å². The SMILES string of the molecule is CS(=O)(=O)O.CS(=O)(=O)O.C[C@H](CCC(=O)NCCC(N)CC(O)CS(=O)(=O)O)[C@H]1CCC2C3CCC4CCCC[C@]4(C)C3CC[C@@]21C. The van der Waals surface area contributed by atoms with Crippen molar-refractivity contribution >= 4 is 36.3 Å². The number of carbonyl (C=O) groups excluding carboxylic acids is 1. The summed E-state index contributed by atoms with van der Waals surface area (Å²) in [7, 11) is -11.6. The van der Waals surface area contributed by atoms with Gasteiger partial charge in [0.2, 0.25) is 5.91 Å². The normalized spacial score (nSPS) is 33.6. The van der Waals surface area contributed by atoms with Gasteiger partial charge in [0, 0.05) is 19.0 Å². The summed E-state index contributed by atoms with van der Waals surface area (Å²) in [5.41, 5.74) is 6.97. The van der Waals surface area contributed by atoms with E-state index < -0.39 is 48.3 Å². The predicted molar refractivity (Wildman–Crippen MR) is 186 cm³/mol. The van der Waals surface area contributed by atoms with Crippen LogP contribution in [0.2, 0.25) is 0 Å². The van der Waals surface area contributed by atoms with Crippen molar-refractivity contribution in [2.75, 3.05) is 24.8 Å². The number of nitrogens with two attached hydrogens (primary N) is 1. The molecule has 7 N–H and O–H groups in total. The first-order valence-corrected chi connectivity index (χ1v) is 22.6. The molecule has 0 radical (unpaired) electrons. The van der Waals surface area contributed by atoms with Crippen molar-refractivity contribution in [3.63, 3.8) is 0 Å². The van der Waals surface area contributed by atoms with Gasteiger partial charge < -0.3 is 16.2 Å². The van der Waals surface area contributed by atoms with Crippen LogP contribution < -0.4 is 11.1 Å². The Morgan fingerprint density at radius 1 is 0.833 bits per heavy atom. The molecule has 0 saturated heterocycles. The molecule has 284 valence electrons. The molecule has 0 bridgehead atoms. The molecular weight excluding hydrogens is 685 g/mol. The molecular formula is C32H62N2O11S3. The topological polar surface area (TPSA) is 238 Å². The van der Waals surface area contributed by atoms with Gasteiger partial charge in [0.25, 0.3) is 30.4 Å². The van der Waals surface area contributed by atoms with Crippen LogP contribution in [0.4, 0.5) is 0 Å². The fraction of sp³-hybridized carbons (Fsp3) is 0.969. The molecule has 6 unspecified atom stereocenters. The second kappa shape index (κ2) is 17.6. The van der Waals surface area contributed by atoms with Crippen LogP contribution in [-0.2, 0) is 35.1 Å². The maximum atomic E-state index is 12.6. The highest BCUT2D eigenvalue weighted by Crippen LogP contribution is 2.68. The fourth-order valence-corrected chi connectivity index (χ4v) is 10.7. The summed E-state index contributed by atoms with van der Waals surface area (Å²) in [5.74, 6) is 4.23. The van der Waals surface area contributed by atoms with Crippen LogP contribution in [0.25, 0.3) is 0 Å². The smallest absolute Gasteiger partial charge is 0.267 e. The van der Waals surface area contributed by atoms with Crippen LogP contribution >= 0.6 is 0 Å². The summed E-state index contributed by atoms with van der Waals surface area (Å²) in [5, 5.41) is 12.7. The number of aliphatic hydroxyl groups is 1. The van der Waals surface area contributed by atoms with Gasteiger partial charge in [-0.3, -0.25) is 18.5 Å². The third-order valence-corrected chi connectivity index (χ3v) is 12.8. The molecule has 0 aromatic heterocycles. The van der Waals surface area contributed by atoms with Gasteiger partial charge in [-0.15, -0.1) is 0 Å². The third-order valence-electron chi connectivity index (χ3n) is 12.0. The monoisotopic (exact) mass is 746 g/mol. The van der Waals surface area contributed by atoms with E-state index in [1.807, 2.05) is 0 Å². The van der Waals surface area contributed by atoms with Crippen LogP contribution in [0.15, 0.2) is 0 Å². The minimum absolute atomic E-state index is 0.0366. The quantitative estimate of drug-likeness (QED) is 0.165. The highest BCUT2D eigenvalue weighted by molar-refractivity contribution is 7.85. The lowest BCUT2D eigenvalue weighted by atomic mass is 9.44. The van der Waals surface area contributed by atoms with Gasteiger partial charge in [0.1, 0.15) is 5.75 Å². The first-order valence-electron chi connectivity index (χ1n) is 17.3. The molecule has 4 rings (SSSR count). The average Bonchev–Trinajstić information content (AvgIpc) is 3.25. The fourth-order valence-electron chi connectivity index (χ4n) is 10.1. The number of rotatable bonds is 11. The molecule has 13 nitrogen and oxygen atoms in total. The van der Waals surface area contributed by atoms with E-state index in [4.69, 9.17) is 19.4 Å². The van der Waals surface area contributed by atoms with Gasteiger partial charge >= 0.3 is 0 Å². The van der Waals surface area contributed by atoms with Gasteiger partial charge in [-0.2, -0.15) is 25.3 Å². The lowest BCUT2D eigenvalue weighted by Crippen LogP contribution is -2.53. The van der Waals surface area contributed by atoms with Crippen molar-refractivity contribution < 1.29 is 48.8 Å². The number of aliphatic hydroxyl groups excluding tert-OH is 1. The van der Waals surface area contributed by atoms with E-state index in [1.165, 1.54) is 64.2 Å². The van der Waals surface area contributed by atoms with Gasteiger partial charge in [-0.05, 0) is 117 Å². The van der Waals surface area contributed by atoms with Gasteiger partial charge in [0.15, 0.2) is 0 Å². The van der Waals surface area contributed by atoms with Crippen molar-refractivity contribution in [1.29, 1.82) is 0 Å². The van der Waals surface area contributed by atoms with Crippen LogP contribution in [0, 0.1) is 46.3 Å². The summed E-state index contributed by atoms with van der Waals surface area (Å²) in [4.78, 5) is 12.6. The summed E-state index contributed by atoms with van der Waals surface area (Å²) in [6.07, 6.45) is 16.3. The van der Waals surface area contributed by atoms with E-state index in [0.29, 0.717) is 54.6 Å². The Balaban J connectivity index is 0.000000700. The van der Waals surface area contributed by atoms with Crippen molar-refractivity contribution in [3.8, 4) is 0 Å². The number of amides is 1. The van der Waals surface area contributed by atoms with Gasteiger partial charge in [-0.1, -0.05) is 33.6 Å². The standard InChI is InChI=1S/C30H54N2O5S.2CH4O3S/c1-20(7-12-28(34)32-17-14-22(31)18-23(33)19-38(35,36)37)25-10-11-26-24-9-8-21-6-4-5-15-29(21,2)27(24)13-16-30(25,26)3;2*1-5(2,3)4/h20-27,33H,4-19,31H2,1-3H3,(H,32,34)(H,35,36,37);2*1H3,(H,2,3,4)/t20-,21?,22?,23?,24?,25-,26?,27?,29+,30-;;/m1../s1. The molecule has 0 aromatic carbocycles. The molecule has 0 aliphatic heterocycles. The summed E-state index contributed by atoms with van der Waals surface area (Å²) >= 11 is 0. The van der Waals surface area contributed by atoms with Crippen LogP contribution in [0.1, 0.15) is 111 Å². The maximum Gasteiger partial charge on any atom is 0.267 e. The molecule has 16 heteroatoms. The Labute approximate surface area is 289 Å². The van der Waals surface area contributed by atoms with E-state index >= 15 is 0 Å². The number of nitrogens with one attached hydrogen (secondary N) is 1. The second-order valence-electron chi connectivity index (χ2n) is 15.6. The minimum atomic E-state index is -4.23. The van der Waals surface area contributed by atoms with Gasteiger partial charge in [0.05, 0.1) is 18.6 Å². The lowest BCUT2D eigenvalue weighted by molar-refractivity contribution is -0.122. The molecule has 0 aromatic rings. The Hall–Kier alpha value is -0.880. The molecule has 48 heavy (non-hydrogen) atoms. The molecule has 10 atom stereocenters. The van der Waals surface area contributed by atoms with Gasteiger partial charge in [-0.25, -0.2) is 0 Å². The van der Waals surface area contributed by atoms with Crippen LogP contribution in [0.3, 0.4) is 0 Å². The van der Waals surface area contributed by atoms with E-state index in [1.54, 1.807) is 0 Å². The molecule has 4 aliphatic carbocycles. The third kappa shape index (κ3) is 14.0. The zero-order chi connectivity index (χ0) is 36.7. The average molecular weight is 747 g/mol. The lowest BCUT2D eigenvalue weighted by Gasteiger charge is -2.61. The number of fused-ring (bicyclic) bond motifs is 5. The Bertz CT molecular complexity index is 1330. The van der Waals surface area contributed by atoms with Crippen LogP contribution in [0.5, 0.6) is 0 Å². The minimum Gasteiger partial charge on any atom is -0.392 e. The van der Waals surface area contributed by atoms with E-state index in [-0.39, 0.29) is 12.3 Å². The van der Waals surface area contributed by atoms with Crippen molar-refractivity contribution in [2.24, 2.45) is 52.1 Å². The second-order valence-corrected chi connectivity index (χ2v) is 20.1. The largest absolute Gasteiger partial charge is 0.392 e. The zero-order valence-corrected chi connectivity index (χ0v) is 31.8. The molecule has 4 aliphatic rings. The molecule has 4 saturated carbocycles. The predicted octanol–water partition coefficient (Wildman–Crippen LogP) is 3.93. The summed E-state index contributed by atoms with van der Waals surface area (Å²) < 4.78 is 82.3. The Kier molecular flexibility index (Phi) is 15.8. The van der Waals surface area contributed by atoms with Crippen molar-refractivity contribution in [2.45, 2.75) is 123 Å². The van der Waals surface area contributed by atoms with E-state index in [0.717, 1.165) is 30.1 Å². The molecule has 4 fully saturated rings. The molecule has 1 amide bonds. The van der Waals surface area contributed by atoms with Crippen molar-refractivity contribution in [1.82, 2.24) is 5.32 Å². The maximum absolute atomic E-state index is 12.6. The summed E-state index contributed by atoms with van der Waals surface area (Å²) in [6.45, 7) is 8.01. The highest BCUT2D eigenvalue weighted by atomic mass is 32.2. The molecule has 0 spiro atoms. The van der Waals surface area contributed by atoms with Crippen molar-refractivity contribution in [3.05, 3.63) is 0 Å².